The van der Waals surface area contributed by atoms with Crippen LogP contribution < -0.4 is 9.46 Å². The highest BCUT2D eigenvalue weighted by Crippen LogP contribution is 2.30. The second-order valence-electron chi connectivity index (χ2n) is 6.07. The van der Waals surface area contributed by atoms with Gasteiger partial charge in [-0.3, -0.25) is 4.72 Å². The summed E-state index contributed by atoms with van der Waals surface area (Å²) in [6.07, 6.45) is 6.76. The second kappa shape index (κ2) is 7.13. The Bertz CT molecular complexity index is 1320. The van der Waals surface area contributed by atoms with Crippen LogP contribution >= 0.6 is 0 Å². The van der Waals surface area contributed by atoms with Crippen molar-refractivity contribution in [2.75, 3.05) is 11.8 Å². The number of methoxy groups -OCH3 is 1. The second-order valence-corrected chi connectivity index (χ2v) is 7.72. The number of pyridine rings is 2. The van der Waals surface area contributed by atoms with Crippen LogP contribution in [0.3, 0.4) is 0 Å². The fourth-order valence-electron chi connectivity index (χ4n) is 2.83. The molecule has 0 unspecified atom stereocenters. The van der Waals surface area contributed by atoms with Gasteiger partial charge in [0.1, 0.15) is 27.9 Å². The van der Waals surface area contributed by atoms with Crippen LogP contribution in [0.15, 0.2) is 66.1 Å². The van der Waals surface area contributed by atoms with Crippen molar-refractivity contribution in [3.8, 4) is 17.0 Å². The molecule has 3 aromatic heterocycles. The number of benzene rings is 1. The van der Waals surface area contributed by atoms with Crippen LogP contribution in [0, 0.1) is 11.6 Å². The predicted molar refractivity (Wildman–Crippen MR) is 102 cm³/mol. The predicted octanol–water partition coefficient (Wildman–Crippen LogP) is 3.48. The van der Waals surface area contributed by atoms with Crippen LogP contribution in [0.2, 0.25) is 0 Å². The van der Waals surface area contributed by atoms with E-state index in [2.05, 4.69) is 14.7 Å². The number of aromatic nitrogens is 3. The Morgan fingerprint density at radius 1 is 1.07 bits per heavy atom. The average Bonchev–Trinajstić information content (AvgIpc) is 3.15. The highest BCUT2D eigenvalue weighted by Gasteiger charge is 2.22. The molecule has 7 nitrogen and oxygen atoms in total. The van der Waals surface area contributed by atoms with E-state index in [-0.39, 0.29) is 11.6 Å². The van der Waals surface area contributed by atoms with Gasteiger partial charge in [-0.2, -0.15) is 0 Å². The average molecular weight is 416 g/mol. The summed E-state index contributed by atoms with van der Waals surface area (Å²) in [5, 5.41) is 0. The molecule has 4 rings (SSSR count). The summed E-state index contributed by atoms with van der Waals surface area (Å²) in [4.78, 5) is 7.61. The van der Waals surface area contributed by atoms with E-state index in [1.165, 1.54) is 19.4 Å². The number of hydrogen-bond acceptors (Lipinski definition) is 5. The van der Waals surface area contributed by atoms with Gasteiger partial charge < -0.3 is 9.14 Å². The quantitative estimate of drug-likeness (QED) is 0.538. The molecule has 10 heteroatoms. The van der Waals surface area contributed by atoms with E-state index in [1.54, 1.807) is 22.9 Å². The summed E-state index contributed by atoms with van der Waals surface area (Å²) >= 11 is 0. The van der Waals surface area contributed by atoms with Crippen molar-refractivity contribution >= 4 is 21.4 Å². The van der Waals surface area contributed by atoms with Crippen molar-refractivity contribution in [3.63, 3.8) is 0 Å². The number of nitrogens with one attached hydrogen (secondary N) is 1. The zero-order valence-corrected chi connectivity index (χ0v) is 15.8. The van der Waals surface area contributed by atoms with Crippen molar-refractivity contribution in [2.24, 2.45) is 0 Å². The van der Waals surface area contributed by atoms with Gasteiger partial charge in [-0.25, -0.2) is 27.2 Å². The van der Waals surface area contributed by atoms with E-state index in [1.807, 2.05) is 12.3 Å². The van der Waals surface area contributed by atoms with Crippen molar-refractivity contribution in [2.45, 2.75) is 4.90 Å². The summed E-state index contributed by atoms with van der Waals surface area (Å²) in [6, 6.07) is 7.35. The number of sulfonamides is 1. The lowest BCUT2D eigenvalue weighted by Crippen LogP contribution is -2.15. The third kappa shape index (κ3) is 3.61. The molecule has 1 N–H and O–H groups in total. The number of hydrogen-bond donors (Lipinski definition) is 1. The van der Waals surface area contributed by atoms with E-state index in [0.29, 0.717) is 11.6 Å². The number of imidazole rings is 1. The molecule has 0 aliphatic carbocycles. The lowest BCUT2D eigenvalue weighted by molar-refractivity contribution is 0.400. The zero-order valence-electron chi connectivity index (χ0n) is 15.0. The maximum absolute atomic E-state index is 14.0. The molecule has 0 amide bonds. The van der Waals surface area contributed by atoms with Crippen LogP contribution in [-0.4, -0.2) is 29.9 Å². The smallest absolute Gasteiger partial charge is 0.264 e. The number of rotatable bonds is 5. The standard InChI is InChI=1S/C19H14F2N4O3S/c1-28-19-16(24-29(26,27)17-4-3-14(20)9-15(17)21)8-13(10-23-19)12-2-5-18-22-6-7-25(18)11-12/h2-11,24H,1H3. The van der Waals surface area contributed by atoms with Crippen LogP contribution in [0.25, 0.3) is 16.8 Å². The first-order valence-electron chi connectivity index (χ1n) is 8.32. The van der Waals surface area contributed by atoms with Gasteiger partial charge in [0, 0.05) is 42.0 Å². The van der Waals surface area contributed by atoms with E-state index in [9.17, 15) is 17.2 Å². The van der Waals surface area contributed by atoms with Gasteiger partial charge >= 0.3 is 0 Å². The Kier molecular flexibility index (Phi) is 4.63. The lowest BCUT2D eigenvalue weighted by Gasteiger charge is -2.13. The molecule has 0 aliphatic rings. The molecule has 148 valence electrons. The minimum atomic E-state index is -4.34. The molecule has 29 heavy (non-hydrogen) atoms. The van der Waals surface area contributed by atoms with E-state index >= 15 is 0 Å². The van der Waals surface area contributed by atoms with Crippen LogP contribution in [0.1, 0.15) is 0 Å². The molecule has 0 spiro atoms. The van der Waals surface area contributed by atoms with Crippen molar-refractivity contribution < 1.29 is 21.9 Å². The molecule has 4 aromatic rings. The molecule has 3 heterocycles. The van der Waals surface area contributed by atoms with E-state index in [4.69, 9.17) is 4.74 Å². The van der Waals surface area contributed by atoms with Crippen molar-refractivity contribution in [1.82, 2.24) is 14.4 Å². The summed E-state index contributed by atoms with van der Waals surface area (Å²) in [5.74, 6) is -2.08. The highest BCUT2D eigenvalue weighted by molar-refractivity contribution is 7.92. The normalized spacial score (nSPS) is 11.6. The van der Waals surface area contributed by atoms with Gasteiger partial charge in [0.25, 0.3) is 10.0 Å². The Hall–Kier alpha value is -3.53. The molecular weight excluding hydrogens is 402 g/mol. The summed E-state index contributed by atoms with van der Waals surface area (Å²) < 4.78 is 61.5. The summed E-state index contributed by atoms with van der Waals surface area (Å²) in [6.45, 7) is 0. The molecule has 0 atom stereocenters. The molecular formula is C19H14F2N4O3S. The number of halogens is 2. The molecule has 0 fully saturated rings. The van der Waals surface area contributed by atoms with Gasteiger partial charge in [0.15, 0.2) is 0 Å². The topological polar surface area (TPSA) is 85.6 Å². The molecule has 0 aliphatic heterocycles. The number of nitrogens with zero attached hydrogens (tertiary/aromatic N) is 3. The molecule has 0 saturated heterocycles. The van der Waals surface area contributed by atoms with Gasteiger partial charge in [-0.1, -0.05) is 0 Å². The van der Waals surface area contributed by atoms with Crippen LogP contribution in [-0.2, 0) is 10.0 Å². The van der Waals surface area contributed by atoms with Gasteiger partial charge in [0.05, 0.1) is 7.11 Å². The van der Waals surface area contributed by atoms with Crippen molar-refractivity contribution in [3.05, 3.63) is 72.8 Å². The Morgan fingerprint density at radius 2 is 1.90 bits per heavy atom. The van der Waals surface area contributed by atoms with Gasteiger partial charge in [-0.05, 0) is 30.3 Å². The van der Waals surface area contributed by atoms with Gasteiger partial charge in [-0.15, -0.1) is 0 Å². The Labute approximate surface area is 164 Å². The first-order chi connectivity index (χ1) is 13.9. The van der Waals surface area contributed by atoms with Crippen molar-refractivity contribution in [1.29, 1.82) is 0 Å². The third-order valence-electron chi connectivity index (χ3n) is 4.19. The largest absolute Gasteiger partial charge is 0.480 e. The zero-order chi connectivity index (χ0) is 20.6. The fourth-order valence-corrected chi connectivity index (χ4v) is 3.94. The minimum absolute atomic E-state index is 0.00329. The van der Waals surface area contributed by atoms with Crippen LogP contribution in [0.5, 0.6) is 5.88 Å². The number of fused-ring (bicyclic) bond motifs is 1. The summed E-state index contributed by atoms with van der Waals surface area (Å²) in [5.41, 5.74) is 2.11. The van der Waals surface area contributed by atoms with E-state index in [0.717, 1.165) is 23.3 Å². The third-order valence-corrected chi connectivity index (χ3v) is 5.59. The first-order valence-corrected chi connectivity index (χ1v) is 9.81. The Balaban J connectivity index is 1.75. The molecule has 0 saturated carbocycles. The fraction of sp³-hybridized carbons (Fsp3) is 0.0526. The molecule has 0 radical (unpaired) electrons. The first kappa shape index (κ1) is 18.8. The highest BCUT2D eigenvalue weighted by atomic mass is 32.2. The molecule has 0 bridgehead atoms. The number of ether oxygens (including phenoxy) is 1. The maximum Gasteiger partial charge on any atom is 0.264 e. The monoisotopic (exact) mass is 416 g/mol. The van der Waals surface area contributed by atoms with Gasteiger partial charge in [0.2, 0.25) is 5.88 Å². The van der Waals surface area contributed by atoms with E-state index < -0.39 is 26.6 Å². The van der Waals surface area contributed by atoms with Crippen LogP contribution in [0.4, 0.5) is 14.5 Å². The minimum Gasteiger partial charge on any atom is -0.480 e. The lowest BCUT2D eigenvalue weighted by atomic mass is 10.1. The molecule has 1 aromatic carbocycles. The number of anilines is 1. The SMILES string of the molecule is COc1ncc(-c2ccc3nccn3c2)cc1NS(=O)(=O)c1ccc(F)cc1F. The Morgan fingerprint density at radius 3 is 2.66 bits per heavy atom. The maximum atomic E-state index is 14.0. The summed E-state index contributed by atoms with van der Waals surface area (Å²) in [7, 11) is -3.02.